The van der Waals surface area contributed by atoms with Gasteiger partial charge < -0.3 is 14.6 Å². The van der Waals surface area contributed by atoms with Crippen LogP contribution in [0, 0.1) is 13.8 Å². The Labute approximate surface area is 136 Å². The van der Waals surface area contributed by atoms with E-state index in [1.807, 2.05) is 20.8 Å². The summed E-state index contributed by atoms with van der Waals surface area (Å²) in [7, 11) is 0. The molecule has 1 aliphatic rings. The van der Waals surface area contributed by atoms with Crippen molar-refractivity contribution in [3.8, 4) is 0 Å². The van der Waals surface area contributed by atoms with E-state index in [-0.39, 0.29) is 17.7 Å². The molecule has 5 nitrogen and oxygen atoms in total. The fraction of sp³-hybridized carbons (Fsp3) is 0.750. The third-order valence-electron chi connectivity index (χ3n) is 3.73. The zero-order valence-corrected chi connectivity index (χ0v) is 15.0. The first-order valence-electron chi connectivity index (χ1n) is 7.91. The molecule has 2 rings (SSSR count). The lowest BCUT2D eigenvalue weighted by atomic mass is 10.1. The Morgan fingerprint density at radius 2 is 2.14 bits per heavy atom. The maximum absolute atomic E-state index is 12.1. The minimum Gasteiger partial charge on any atom is -0.376 e. The summed E-state index contributed by atoms with van der Waals surface area (Å²) in [6.45, 7) is 11.6. The molecule has 124 valence electrons. The van der Waals surface area contributed by atoms with Crippen LogP contribution in [0.1, 0.15) is 50.6 Å². The average Bonchev–Trinajstić information content (AvgIpc) is 2.65. The highest BCUT2D eigenvalue weighted by Gasteiger charge is 2.18. The molecular weight excluding hydrogens is 298 g/mol. The lowest BCUT2D eigenvalue weighted by Crippen LogP contribution is -2.40. The van der Waals surface area contributed by atoms with Gasteiger partial charge in [0.1, 0.15) is 0 Å². The van der Waals surface area contributed by atoms with Crippen molar-refractivity contribution in [2.45, 2.75) is 72.1 Å². The number of urea groups is 1. The Bertz CT molecular complexity index is 590. The molecule has 0 aromatic carbocycles. The number of aryl methyl sites for hydroxylation is 1. The maximum atomic E-state index is 12.1. The number of ether oxygens (including phenoxy) is 1. The second-order valence-electron chi connectivity index (χ2n) is 6.92. The van der Waals surface area contributed by atoms with Crippen molar-refractivity contribution in [1.29, 1.82) is 0 Å². The van der Waals surface area contributed by atoms with Crippen molar-refractivity contribution < 1.29 is 9.53 Å². The quantitative estimate of drug-likeness (QED) is 0.908. The highest BCUT2D eigenvalue weighted by Crippen LogP contribution is 2.17. The summed E-state index contributed by atoms with van der Waals surface area (Å²) < 4.78 is 7.95. The number of aromatic nitrogens is 1. The number of rotatable bonds is 2. The maximum Gasteiger partial charge on any atom is 0.344 e. The molecule has 1 aromatic heterocycles. The van der Waals surface area contributed by atoms with Crippen molar-refractivity contribution >= 4 is 17.4 Å². The monoisotopic (exact) mass is 325 g/mol. The summed E-state index contributed by atoms with van der Waals surface area (Å²) in [4.78, 5) is 18.3. The topological polar surface area (TPSA) is 55.6 Å². The van der Waals surface area contributed by atoms with Gasteiger partial charge in [-0.15, -0.1) is 11.3 Å². The minimum atomic E-state index is -0.285. The number of hydrogen-bond acceptors (Lipinski definition) is 3. The smallest absolute Gasteiger partial charge is 0.344 e. The molecule has 0 bridgehead atoms. The molecular formula is C16H27N3O2S. The van der Waals surface area contributed by atoms with Crippen molar-refractivity contribution in [3.63, 3.8) is 0 Å². The predicted molar refractivity (Wildman–Crippen MR) is 89.2 cm³/mol. The predicted octanol–water partition coefficient (Wildman–Crippen LogP) is 3.14. The van der Waals surface area contributed by atoms with E-state index >= 15 is 0 Å². The molecule has 22 heavy (non-hydrogen) atoms. The zero-order chi connectivity index (χ0) is 16.3. The van der Waals surface area contributed by atoms with Crippen LogP contribution < -0.4 is 10.1 Å². The Balaban J connectivity index is 2.23. The normalized spacial score (nSPS) is 20.2. The standard InChI is InChI=1S/C16H27N3O2S/c1-11-12(2)22-15(17-14(20)18-16(3,4)5)19(11)10-13-8-6-7-9-21-13/h13H,6-10H2,1-5H3,(H,18,20). The van der Waals surface area contributed by atoms with Gasteiger partial charge in [-0.2, -0.15) is 4.99 Å². The Morgan fingerprint density at radius 1 is 1.41 bits per heavy atom. The number of amides is 2. The van der Waals surface area contributed by atoms with E-state index in [1.54, 1.807) is 11.3 Å². The first-order chi connectivity index (χ1) is 10.3. The van der Waals surface area contributed by atoms with Crippen LogP contribution in [0.3, 0.4) is 0 Å². The molecule has 6 heteroatoms. The van der Waals surface area contributed by atoms with Crippen LogP contribution >= 0.6 is 11.3 Å². The second-order valence-corrected chi connectivity index (χ2v) is 8.10. The largest absolute Gasteiger partial charge is 0.376 e. The molecule has 1 fully saturated rings. The third-order valence-corrected chi connectivity index (χ3v) is 4.82. The average molecular weight is 325 g/mol. The SMILES string of the molecule is Cc1sc(=NC(=O)NC(C)(C)C)n(CC2CCCCO2)c1C. The van der Waals surface area contributed by atoms with E-state index < -0.39 is 0 Å². The van der Waals surface area contributed by atoms with Gasteiger partial charge in [-0.25, -0.2) is 4.79 Å². The van der Waals surface area contributed by atoms with Crippen LogP contribution in [0.2, 0.25) is 0 Å². The number of nitrogens with one attached hydrogen (secondary N) is 1. The van der Waals surface area contributed by atoms with E-state index in [1.165, 1.54) is 17.0 Å². The molecule has 1 unspecified atom stereocenters. The minimum absolute atomic E-state index is 0.228. The molecule has 1 saturated heterocycles. The van der Waals surface area contributed by atoms with Gasteiger partial charge in [-0.05, 0) is 53.9 Å². The summed E-state index contributed by atoms with van der Waals surface area (Å²) in [6, 6.07) is -0.285. The number of carbonyl (C=O) groups excluding carboxylic acids is 1. The summed E-state index contributed by atoms with van der Waals surface area (Å²) >= 11 is 1.56. The highest BCUT2D eigenvalue weighted by atomic mass is 32.1. The summed E-state index contributed by atoms with van der Waals surface area (Å²) in [5, 5.41) is 2.88. The first-order valence-corrected chi connectivity index (χ1v) is 8.73. The number of hydrogen-bond donors (Lipinski definition) is 1. The third kappa shape index (κ3) is 4.68. The first kappa shape index (κ1) is 17.2. The van der Waals surface area contributed by atoms with Crippen LogP contribution in [0.5, 0.6) is 0 Å². The lowest BCUT2D eigenvalue weighted by Gasteiger charge is -2.23. The molecule has 0 aliphatic carbocycles. The summed E-state index contributed by atoms with van der Waals surface area (Å²) in [6.07, 6.45) is 3.67. The van der Waals surface area contributed by atoms with Gasteiger partial charge in [0.2, 0.25) is 0 Å². The number of thiazole rings is 1. The highest BCUT2D eigenvalue weighted by molar-refractivity contribution is 7.09. The summed E-state index contributed by atoms with van der Waals surface area (Å²) in [5.41, 5.74) is 0.890. The molecule has 0 radical (unpaired) electrons. The van der Waals surface area contributed by atoms with Gasteiger partial charge in [-0.1, -0.05) is 0 Å². The number of nitrogens with zero attached hydrogens (tertiary/aromatic N) is 2. The molecule has 2 amide bonds. The van der Waals surface area contributed by atoms with E-state index in [2.05, 4.69) is 28.7 Å². The molecule has 0 saturated carbocycles. The Kier molecular flexibility index (Phi) is 5.45. The lowest BCUT2D eigenvalue weighted by molar-refractivity contribution is 0.00525. The van der Waals surface area contributed by atoms with Crippen molar-refractivity contribution in [2.75, 3.05) is 6.61 Å². The van der Waals surface area contributed by atoms with Gasteiger partial charge in [0.05, 0.1) is 12.6 Å². The molecule has 1 atom stereocenters. The molecule has 2 heterocycles. The van der Waals surface area contributed by atoms with E-state index in [4.69, 9.17) is 4.74 Å². The van der Waals surface area contributed by atoms with E-state index in [0.29, 0.717) is 0 Å². The van der Waals surface area contributed by atoms with Crippen LogP contribution in [0.4, 0.5) is 4.79 Å². The van der Waals surface area contributed by atoms with Gasteiger partial charge in [0, 0.05) is 22.7 Å². The molecule has 1 aliphatic heterocycles. The zero-order valence-electron chi connectivity index (χ0n) is 14.2. The molecule has 1 N–H and O–H groups in total. The summed E-state index contributed by atoms with van der Waals surface area (Å²) in [5.74, 6) is 0. The van der Waals surface area contributed by atoms with Gasteiger partial charge >= 0.3 is 6.03 Å². The van der Waals surface area contributed by atoms with E-state index in [9.17, 15) is 4.79 Å². The fourth-order valence-corrected chi connectivity index (χ4v) is 3.47. The van der Waals surface area contributed by atoms with E-state index in [0.717, 1.165) is 30.8 Å². The van der Waals surface area contributed by atoms with Gasteiger partial charge in [0.25, 0.3) is 0 Å². The van der Waals surface area contributed by atoms with Crippen molar-refractivity contribution in [2.24, 2.45) is 4.99 Å². The Morgan fingerprint density at radius 3 is 2.73 bits per heavy atom. The van der Waals surface area contributed by atoms with Crippen LogP contribution in [-0.4, -0.2) is 28.8 Å². The van der Waals surface area contributed by atoms with Crippen LogP contribution in [0.15, 0.2) is 4.99 Å². The van der Waals surface area contributed by atoms with Crippen LogP contribution in [0.25, 0.3) is 0 Å². The van der Waals surface area contributed by atoms with Crippen molar-refractivity contribution in [1.82, 2.24) is 9.88 Å². The molecule has 0 spiro atoms. The van der Waals surface area contributed by atoms with Crippen LogP contribution in [-0.2, 0) is 11.3 Å². The van der Waals surface area contributed by atoms with Crippen molar-refractivity contribution in [3.05, 3.63) is 15.4 Å². The van der Waals surface area contributed by atoms with Gasteiger partial charge in [0.15, 0.2) is 4.80 Å². The van der Waals surface area contributed by atoms with Gasteiger partial charge in [-0.3, -0.25) is 0 Å². The Hall–Kier alpha value is -1.14. The number of carbonyl (C=O) groups is 1. The second kappa shape index (κ2) is 6.96. The fourth-order valence-electron chi connectivity index (χ4n) is 2.49. The molecule has 1 aromatic rings.